The Morgan fingerprint density at radius 3 is 2.84 bits per heavy atom. The molecule has 4 fully saturated rings. The number of rotatable bonds is 4. The predicted octanol–water partition coefficient (Wildman–Crippen LogP) is 2.76. The maximum absolute atomic E-state index is 9.60. The van der Waals surface area contributed by atoms with Crippen LogP contribution in [0.1, 0.15) is 31.4 Å². The fraction of sp³-hybridized carbons (Fsp3) is 0.500. The van der Waals surface area contributed by atoms with Crippen LogP contribution >= 0.6 is 0 Å². The van der Waals surface area contributed by atoms with Crippen molar-refractivity contribution in [3.05, 3.63) is 59.4 Å². The van der Waals surface area contributed by atoms with E-state index < -0.39 is 0 Å². The summed E-state index contributed by atoms with van der Waals surface area (Å²) in [4.78, 5) is 19.5. The van der Waals surface area contributed by atoms with Gasteiger partial charge in [-0.1, -0.05) is 0 Å². The number of aryl methyl sites for hydroxylation is 1. The molecule has 0 radical (unpaired) electrons. The van der Waals surface area contributed by atoms with E-state index in [0.29, 0.717) is 35.2 Å². The van der Waals surface area contributed by atoms with Crippen LogP contribution in [0.4, 0.5) is 11.5 Å². The zero-order valence-electron chi connectivity index (χ0n) is 23.3. The fourth-order valence-electron chi connectivity index (χ4n) is 7.21. The third kappa shape index (κ3) is 4.10. The Morgan fingerprint density at radius 1 is 1.13 bits per heavy atom. The number of nitriles is 1. The highest BCUT2D eigenvalue weighted by atomic mass is 15.4. The number of aromatic nitrogens is 2. The van der Waals surface area contributed by atoms with Crippen LogP contribution in [0.15, 0.2) is 42.7 Å². The van der Waals surface area contributed by atoms with Gasteiger partial charge >= 0.3 is 0 Å². The molecule has 196 valence electrons. The van der Waals surface area contributed by atoms with Crippen molar-refractivity contribution < 1.29 is 1.37 Å². The van der Waals surface area contributed by atoms with Gasteiger partial charge < -0.3 is 15.1 Å². The SMILES string of the molecule is [2H]c1ccc2c(N3C[C@@H]4CN(Cc5cnc(N6CC7C[C@H]6CN7)cc5C)CCN4[C@H](C)C3)ccc(C#N)c2n1. The van der Waals surface area contributed by atoms with E-state index in [1.807, 2.05) is 12.1 Å². The van der Waals surface area contributed by atoms with Crippen LogP contribution in [0.5, 0.6) is 0 Å². The van der Waals surface area contributed by atoms with Gasteiger partial charge in [-0.2, -0.15) is 5.26 Å². The first-order valence-corrected chi connectivity index (χ1v) is 14.0. The first-order chi connectivity index (χ1) is 19.0. The summed E-state index contributed by atoms with van der Waals surface area (Å²) in [5.74, 6) is 1.13. The summed E-state index contributed by atoms with van der Waals surface area (Å²) in [6, 6.07) is 14.2. The highest BCUT2D eigenvalue weighted by Crippen LogP contribution is 2.33. The monoisotopic (exact) mass is 509 g/mol. The minimum Gasteiger partial charge on any atom is -0.368 e. The molecule has 1 aromatic carbocycles. The summed E-state index contributed by atoms with van der Waals surface area (Å²) in [5, 5.41) is 14.1. The van der Waals surface area contributed by atoms with Gasteiger partial charge in [0.05, 0.1) is 12.5 Å². The van der Waals surface area contributed by atoms with E-state index in [4.69, 9.17) is 6.35 Å². The lowest BCUT2D eigenvalue weighted by molar-refractivity contribution is 0.0316. The van der Waals surface area contributed by atoms with Gasteiger partial charge in [-0.25, -0.2) is 4.98 Å². The second kappa shape index (κ2) is 9.49. The third-order valence-electron chi connectivity index (χ3n) is 9.20. The molecule has 4 saturated heterocycles. The van der Waals surface area contributed by atoms with E-state index in [1.54, 1.807) is 6.07 Å². The van der Waals surface area contributed by atoms with Crippen LogP contribution in [-0.4, -0.2) is 89.7 Å². The van der Waals surface area contributed by atoms with Crippen molar-refractivity contribution >= 4 is 22.4 Å². The summed E-state index contributed by atoms with van der Waals surface area (Å²) in [6.07, 6.45) is 3.55. The summed E-state index contributed by atoms with van der Waals surface area (Å²) >= 11 is 0. The Morgan fingerprint density at radius 2 is 2.05 bits per heavy atom. The Bertz CT molecular complexity index is 1450. The number of hydrogen-bond donors (Lipinski definition) is 1. The topological polar surface area (TPSA) is 74.6 Å². The number of piperazine rings is 3. The second-order valence-corrected chi connectivity index (χ2v) is 11.6. The van der Waals surface area contributed by atoms with Crippen molar-refractivity contribution in [3.63, 3.8) is 0 Å². The van der Waals surface area contributed by atoms with E-state index in [2.05, 4.69) is 68.1 Å². The third-order valence-corrected chi connectivity index (χ3v) is 9.20. The molecule has 6 heterocycles. The van der Waals surface area contributed by atoms with E-state index in [0.717, 1.165) is 69.2 Å². The molecule has 4 aliphatic rings. The molecule has 2 bridgehead atoms. The quantitative estimate of drug-likeness (QED) is 0.576. The van der Waals surface area contributed by atoms with Crippen LogP contribution in [0.3, 0.4) is 0 Å². The second-order valence-electron chi connectivity index (χ2n) is 11.6. The molecule has 1 N–H and O–H groups in total. The molecule has 38 heavy (non-hydrogen) atoms. The molecular weight excluding hydrogens is 472 g/mol. The van der Waals surface area contributed by atoms with E-state index >= 15 is 0 Å². The average Bonchev–Trinajstić information content (AvgIpc) is 3.57. The largest absolute Gasteiger partial charge is 0.368 e. The zero-order valence-corrected chi connectivity index (χ0v) is 22.3. The smallest absolute Gasteiger partial charge is 0.129 e. The fourth-order valence-corrected chi connectivity index (χ4v) is 7.21. The van der Waals surface area contributed by atoms with Gasteiger partial charge in [0.1, 0.15) is 11.9 Å². The molecule has 4 aliphatic heterocycles. The number of fused-ring (bicyclic) bond motifs is 4. The minimum atomic E-state index is 0.194. The molecule has 1 unspecified atom stereocenters. The van der Waals surface area contributed by atoms with Gasteiger partial charge in [-0.3, -0.25) is 14.8 Å². The first kappa shape index (κ1) is 22.7. The maximum Gasteiger partial charge on any atom is 0.129 e. The minimum absolute atomic E-state index is 0.194. The standard InChI is InChI=1S/C30H36N8/c1-20-10-29(38-17-24-11-25(38)14-33-24)34-13-23(20)16-35-8-9-37-21(2)15-36(19-26(37)18-35)28-6-5-22(12-31)30-27(28)4-3-7-32-30/h3-7,10,13,21,24-26,33H,8-9,11,14-19H2,1-2H3/t21-,24?,25+,26+/m1/s1/i7D. The Balaban J connectivity index is 1.08. The van der Waals surface area contributed by atoms with Crippen molar-refractivity contribution in [2.24, 2.45) is 0 Å². The van der Waals surface area contributed by atoms with Crippen LogP contribution in [0, 0.1) is 18.3 Å². The van der Waals surface area contributed by atoms with Crippen molar-refractivity contribution in [1.82, 2.24) is 25.1 Å². The predicted molar refractivity (Wildman–Crippen MR) is 150 cm³/mol. The van der Waals surface area contributed by atoms with Gasteiger partial charge in [0.15, 0.2) is 0 Å². The number of nitrogens with zero attached hydrogens (tertiary/aromatic N) is 7. The van der Waals surface area contributed by atoms with Gasteiger partial charge in [0, 0.05) is 100.0 Å². The van der Waals surface area contributed by atoms with E-state index in [1.165, 1.54) is 17.5 Å². The van der Waals surface area contributed by atoms with Crippen molar-refractivity contribution in [2.45, 2.75) is 51.0 Å². The summed E-state index contributed by atoms with van der Waals surface area (Å²) in [5.41, 5.74) is 4.93. The van der Waals surface area contributed by atoms with Crippen LogP contribution in [0.25, 0.3) is 10.9 Å². The average molecular weight is 510 g/mol. The molecule has 0 aliphatic carbocycles. The van der Waals surface area contributed by atoms with Gasteiger partial charge in [-0.05, 0) is 61.7 Å². The zero-order chi connectivity index (χ0) is 26.7. The number of anilines is 2. The van der Waals surface area contributed by atoms with Gasteiger partial charge in [0.2, 0.25) is 0 Å². The molecule has 2 aromatic heterocycles. The van der Waals surface area contributed by atoms with Crippen molar-refractivity contribution in [3.8, 4) is 6.07 Å². The lowest BCUT2D eigenvalue weighted by Crippen LogP contribution is -2.65. The molecule has 8 heteroatoms. The molecule has 0 amide bonds. The Kier molecular flexibility index (Phi) is 5.67. The van der Waals surface area contributed by atoms with Crippen LogP contribution in [0.2, 0.25) is 0 Å². The number of hydrogen-bond acceptors (Lipinski definition) is 8. The number of pyridine rings is 2. The van der Waals surface area contributed by atoms with Gasteiger partial charge in [0.25, 0.3) is 0 Å². The summed E-state index contributed by atoms with van der Waals surface area (Å²) < 4.78 is 7.96. The van der Waals surface area contributed by atoms with E-state index in [9.17, 15) is 5.26 Å². The summed E-state index contributed by atoms with van der Waals surface area (Å²) in [6.45, 7) is 12.7. The molecule has 0 saturated carbocycles. The lowest BCUT2D eigenvalue weighted by atomic mass is 10.00. The lowest BCUT2D eigenvalue weighted by Gasteiger charge is -2.51. The van der Waals surface area contributed by atoms with Crippen LogP contribution in [-0.2, 0) is 6.54 Å². The van der Waals surface area contributed by atoms with Crippen LogP contribution < -0.4 is 15.1 Å². The molecular formula is C30H36N8. The van der Waals surface area contributed by atoms with Crippen molar-refractivity contribution in [2.75, 3.05) is 55.6 Å². The van der Waals surface area contributed by atoms with Crippen molar-refractivity contribution in [1.29, 1.82) is 5.26 Å². The highest BCUT2D eigenvalue weighted by molar-refractivity contribution is 5.95. The Hall–Kier alpha value is -3.25. The summed E-state index contributed by atoms with van der Waals surface area (Å²) in [7, 11) is 0. The molecule has 8 nitrogen and oxygen atoms in total. The molecule has 0 spiro atoms. The van der Waals surface area contributed by atoms with Gasteiger partial charge in [-0.15, -0.1) is 0 Å². The molecule has 3 aromatic rings. The molecule has 4 atom stereocenters. The van der Waals surface area contributed by atoms with E-state index in [-0.39, 0.29) is 6.17 Å². The number of nitrogens with one attached hydrogen (secondary N) is 1. The highest BCUT2D eigenvalue weighted by Gasteiger charge is 2.39. The maximum atomic E-state index is 9.60. The number of benzene rings is 1. The normalized spacial score (nSPS) is 28.0. The molecule has 7 rings (SSSR count). The Labute approximate surface area is 226 Å². The first-order valence-electron chi connectivity index (χ1n) is 14.5.